The fourth-order valence-electron chi connectivity index (χ4n) is 4.37. The van der Waals surface area contributed by atoms with Gasteiger partial charge in [-0.2, -0.15) is 17.0 Å². The van der Waals surface area contributed by atoms with E-state index in [2.05, 4.69) is 32.2 Å². The number of fused-ring (bicyclic) bond motifs is 3. The molecule has 2 saturated heterocycles. The first kappa shape index (κ1) is 19.2. The van der Waals surface area contributed by atoms with Crippen LogP contribution < -0.4 is 15.1 Å². The maximum Gasteiger partial charge on any atom is 0.248 e. The summed E-state index contributed by atoms with van der Waals surface area (Å²) < 4.78 is 0. The van der Waals surface area contributed by atoms with Crippen molar-refractivity contribution in [1.82, 2.24) is 9.88 Å². The van der Waals surface area contributed by atoms with Crippen LogP contribution in [0.25, 0.3) is 0 Å². The van der Waals surface area contributed by atoms with E-state index < -0.39 is 0 Å². The zero-order valence-corrected chi connectivity index (χ0v) is 17.6. The predicted molar refractivity (Wildman–Crippen MR) is 120 cm³/mol. The minimum Gasteiger partial charge on any atom is -0.369 e. The second-order valence-corrected chi connectivity index (χ2v) is 9.06. The van der Waals surface area contributed by atoms with Gasteiger partial charge in [-0.05, 0) is 35.9 Å². The molecular weight excluding hydrogens is 396 g/mol. The number of nitrogens with zero attached hydrogens (tertiary/aromatic N) is 5. The Kier molecular flexibility index (Phi) is 5.23. The molecule has 0 aliphatic carbocycles. The molecule has 5 rings (SSSR count). The fraction of sp³-hybridized carbons (Fsp3) is 0.409. The lowest BCUT2D eigenvalue weighted by atomic mass is 10.1. The number of thioether (sulfide) groups is 1. The van der Waals surface area contributed by atoms with Gasteiger partial charge in [0, 0.05) is 62.7 Å². The first-order valence-corrected chi connectivity index (χ1v) is 11.5. The second-order valence-electron chi connectivity index (χ2n) is 7.91. The Balaban J connectivity index is 1.23. The summed E-state index contributed by atoms with van der Waals surface area (Å²) in [6, 6.07) is 12.0. The van der Waals surface area contributed by atoms with Gasteiger partial charge in [-0.25, -0.2) is 4.98 Å². The first-order valence-electron chi connectivity index (χ1n) is 10.3. The van der Waals surface area contributed by atoms with Gasteiger partial charge in [-0.1, -0.05) is 0 Å². The number of rotatable bonds is 3. The minimum absolute atomic E-state index is 0.0877. The topological polar surface area (TPSA) is 75.5 Å². The average molecular weight is 421 g/mol. The molecule has 2 aromatic rings. The number of anilines is 3. The van der Waals surface area contributed by atoms with Gasteiger partial charge < -0.3 is 15.1 Å². The highest BCUT2D eigenvalue weighted by molar-refractivity contribution is 7.99. The molecule has 1 atom stereocenters. The lowest BCUT2D eigenvalue weighted by molar-refractivity contribution is -0.117. The molecule has 0 bridgehead atoms. The molecule has 7 nitrogen and oxygen atoms in total. The van der Waals surface area contributed by atoms with Crippen LogP contribution in [0, 0.1) is 11.3 Å². The highest BCUT2D eigenvalue weighted by atomic mass is 32.2. The molecule has 1 amide bonds. The number of carbonyl (C=O) groups excluding carboxylic acids is 1. The summed E-state index contributed by atoms with van der Waals surface area (Å²) in [5, 5.41) is 12.0. The molecule has 8 heteroatoms. The molecule has 4 heterocycles. The second kappa shape index (κ2) is 8.17. The third kappa shape index (κ3) is 3.71. The van der Waals surface area contributed by atoms with Crippen LogP contribution in [-0.2, 0) is 11.3 Å². The molecule has 3 aliphatic rings. The van der Waals surface area contributed by atoms with Gasteiger partial charge in [0.2, 0.25) is 5.91 Å². The van der Waals surface area contributed by atoms with Gasteiger partial charge in [-0.15, -0.1) is 0 Å². The molecule has 0 radical (unpaired) electrons. The molecule has 3 aliphatic heterocycles. The van der Waals surface area contributed by atoms with Crippen molar-refractivity contribution in [3.63, 3.8) is 0 Å². The van der Waals surface area contributed by atoms with Crippen LogP contribution in [0.3, 0.4) is 0 Å². The third-order valence-corrected chi connectivity index (χ3v) is 7.05. The number of nitrogens with one attached hydrogen (secondary N) is 1. The van der Waals surface area contributed by atoms with E-state index in [0.29, 0.717) is 5.56 Å². The van der Waals surface area contributed by atoms with Crippen molar-refractivity contribution in [1.29, 1.82) is 5.26 Å². The van der Waals surface area contributed by atoms with E-state index in [9.17, 15) is 4.79 Å². The zero-order chi connectivity index (χ0) is 20.5. The summed E-state index contributed by atoms with van der Waals surface area (Å²) in [5.74, 6) is 2.87. The van der Waals surface area contributed by atoms with E-state index in [4.69, 9.17) is 10.2 Å². The number of pyridine rings is 1. The van der Waals surface area contributed by atoms with Crippen molar-refractivity contribution in [2.45, 2.75) is 12.6 Å². The summed E-state index contributed by atoms with van der Waals surface area (Å²) in [6.45, 7) is 5.54. The van der Waals surface area contributed by atoms with Crippen molar-refractivity contribution in [3.8, 4) is 6.07 Å². The normalized spacial score (nSPS) is 21.4. The molecule has 1 N–H and O–H groups in total. The van der Waals surface area contributed by atoms with E-state index in [1.165, 1.54) is 5.69 Å². The van der Waals surface area contributed by atoms with Gasteiger partial charge >= 0.3 is 0 Å². The highest BCUT2D eigenvalue weighted by Crippen LogP contribution is 2.34. The Morgan fingerprint density at radius 1 is 1.17 bits per heavy atom. The Labute approximate surface area is 180 Å². The van der Waals surface area contributed by atoms with Crippen LogP contribution in [-0.4, -0.2) is 66.1 Å². The van der Waals surface area contributed by atoms with Crippen molar-refractivity contribution in [2.75, 3.05) is 59.3 Å². The van der Waals surface area contributed by atoms with Crippen molar-refractivity contribution in [3.05, 3.63) is 47.7 Å². The molecule has 1 aromatic carbocycles. The maximum atomic E-state index is 12.5. The SMILES string of the molecule is N#Cc1ccc(N2CCN(Cc3cnc4c(c3)NC(=O)[C@@H]3CSCCN43)CC2)cc1. The smallest absolute Gasteiger partial charge is 0.248 e. The van der Waals surface area contributed by atoms with Crippen molar-refractivity contribution in [2.24, 2.45) is 0 Å². The number of benzene rings is 1. The number of amides is 1. The molecule has 0 saturated carbocycles. The standard InChI is InChI=1S/C22H24N6OS/c23-12-16-1-3-18(4-2-16)27-7-5-26(6-8-27)14-17-11-19-21(24-13-17)28-9-10-30-15-20(28)22(29)25-19/h1-4,11,13,20H,5-10,14-15H2,(H,25,29)/t20-/m0/s1. The third-order valence-electron chi connectivity index (χ3n) is 6.02. The predicted octanol–water partition coefficient (Wildman–Crippen LogP) is 2.15. The van der Waals surface area contributed by atoms with Crippen LogP contribution in [0.5, 0.6) is 0 Å². The van der Waals surface area contributed by atoms with Crippen molar-refractivity contribution >= 4 is 34.9 Å². The van der Waals surface area contributed by atoms with Gasteiger partial charge in [0.25, 0.3) is 0 Å². The Hall–Kier alpha value is -2.76. The Morgan fingerprint density at radius 2 is 1.97 bits per heavy atom. The highest BCUT2D eigenvalue weighted by Gasteiger charge is 2.36. The maximum absolute atomic E-state index is 12.5. The van der Waals surface area contributed by atoms with E-state index in [1.807, 2.05) is 42.2 Å². The molecule has 1 aromatic heterocycles. The van der Waals surface area contributed by atoms with Crippen LogP contribution in [0.1, 0.15) is 11.1 Å². The fourth-order valence-corrected chi connectivity index (χ4v) is 5.41. The van der Waals surface area contributed by atoms with Gasteiger partial charge in [0.1, 0.15) is 6.04 Å². The first-order chi connectivity index (χ1) is 14.7. The largest absolute Gasteiger partial charge is 0.369 e. The molecule has 2 fully saturated rings. The lowest BCUT2D eigenvalue weighted by Gasteiger charge is -2.40. The zero-order valence-electron chi connectivity index (χ0n) is 16.8. The molecular formula is C22H24N6OS. The summed E-state index contributed by atoms with van der Waals surface area (Å²) in [7, 11) is 0. The molecule has 30 heavy (non-hydrogen) atoms. The Morgan fingerprint density at radius 3 is 2.73 bits per heavy atom. The quantitative estimate of drug-likeness (QED) is 0.815. The van der Waals surface area contributed by atoms with Gasteiger partial charge in [0.05, 0.1) is 17.3 Å². The average Bonchev–Trinajstić information content (AvgIpc) is 2.80. The van der Waals surface area contributed by atoms with Crippen LogP contribution in [0.15, 0.2) is 36.5 Å². The van der Waals surface area contributed by atoms with Crippen LogP contribution >= 0.6 is 11.8 Å². The number of carbonyl (C=O) groups is 1. The number of nitriles is 1. The monoisotopic (exact) mass is 420 g/mol. The number of hydrogen-bond donors (Lipinski definition) is 1. The van der Waals surface area contributed by atoms with Gasteiger partial charge in [-0.3, -0.25) is 9.69 Å². The molecule has 0 spiro atoms. The summed E-state index contributed by atoms with van der Waals surface area (Å²) in [5.41, 5.74) is 3.84. The van der Waals surface area contributed by atoms with E-state index >= 15 is 0 Å². The molecule has 154 valence electrons. The van der Waals surface area contributed by atoms with E-state index in [-0.39, 0.29) is 11.9 Å². The van der Waals surface area contributed by atoms with Gasteiger partial charge in [0.15, 0.2) is 5.82 Å². The van der Waals surface area contributed by atoms with Crippen LogP contribution in [0.4, 0.5) is 17.2 Å². The molecule has 0 unspecified atom stereocenters. The number of aromatic nitrogens is 1. The van der Waals surface area contributed by atoms with Crippen molar-refractivity contribution < 1.29 is 4.79 Å². The Bertz CT molecular complexity index is 980. The summed E-state index contributed by atoms with van der Waals surface area (Å²) in [4.78, 5) is 24.1. The summed E-state index contributed by atoms with van der Waals surface area (Å²) >= 11 is 1.83. The number of hydrogen-bond acceptors (Lipinski definition) is 7. The number of piperazine rings is 1. The van der Waals surface area contributed by atoms with E-state index in [0.717, 1.165) is 67.8 Å². The summed E-state index contributed by atoms with van der Waals surface area (Å²) in [6.07, 6.45) is 1.96. The van der Waals surface area contributed by atoms with Crippen LogP contribution in [0.2, 0.25) is 0 Å². The lowest BCUT2D eigenvalue weighted by Crippen LogP contribution is -2.53. The van der Waals surface area contributed by atoms with E-state index in [1.54, 1.807) is 0 Å². The minimum atomic E-state index is -0.0927.